The van der Waals surface area contributed by atoms with Crippen LogP contribution in [0.1, 0.15) is 28.8 Å². The van der Waals surface area contributed by atoms with Gasteiger partial charge in [0.05, 0.1) is 11.8 Å². The first-order chi connectivity index (χ1) is 11.4. The molecule has 1 amide bonds. The van der Waals surface area contributed by atoms with Crippen molar-refractivity contribution in [2.24, 2.45) is 5.92 Å². The van der Waals surface area contributed by atoms with Gasteiger partial charge in [-0.05, 0) is 43.4 Å². The van der Waals surface area contributed by atoms with E-state index in [0.29, 0.717) is 23.7 Å². The average molecular weight is 331 g/mol. The van der Waals surface area contributed by atoms with Crippen molar-refractivity contribution in [3.8, 4) is 0 Å². The Kier molecular flexibility index (Phi) is 4.33. The molecule has 0 unspecified atom stereocenters. The van der Waals surface area contributed by atoms with E-state index in [1.165, 1.54) is 23.1 Å². The van der Waals surface area contributed by atoms with Crippen LogP contribution in [0.5, 0.6) is 0 Å². The van der Waals surface area contributed by atoms with Gasteiger partial charge >= 0.3 is 5.97 Å². The van der Waals surface area contributed by atoms with Gasteiger partial charge in [0.2, 0.25) is 5.91 Å². The lowest BCUT2D eigenvalue weighted by Crippen LogP contribution is -2.35. The van der Waals surface area contributed by atoms with Gasteiger partial charge in [0.25, 0.3) is 0 Å². The van der Waals surface area contributed by atoms with Gasteiger partial charge in [-0.3, -0.25) is 9.48 Å². The predicted molar refractivity (Wildman–Crippen MR) is 85.4 cm³/mol. The van der Waals surface area contributed by atoms with E-state index in [9.17, 15) is 14.0 Å². The molecule has 7 heteroatoms. The third-order valence-corrected chi connectivity index (χ3v) is 4.08. The number of anilines is 1. The van der Waals surface area contributed by atoms with Gasteiger partial charge < -0.3 is 10.0 Å². The van der Waals surface area contributed by atoms with E-state index in [0.717, 1.165) is 12.8 Å². The summed E-state index contributed by atoms with van der Waals surface area (Å²) in [5.74, 6) is -1.26. The van der Waals surface area contributed by atoms with Crippen molar-refractivity contribution in [1.29, 1.82) is 0 Å². The SMILES string of the molecule is Cc1ccc(N(CC2CC2)C(=O)Cn2cc(C(=O)O)cn2)cc1F. The van der Waals surface area contributed by atoms with Crippen molar-refractivity contribution < 1.29 is 19.1 Å². The predicted octanol–water partition coefficient (Wildman–Crippen LogP) is 2.47. The topological polar surface area (TPSA) is 75.4 Å². The number of hydrogen-bond donors (Lipinski definition) is 1. The number of amides is 1. The Morgan fingerprint density at radius 3 is 2.75 bits per heavy atom. The highest BCUT2D eigenvalue weighted by Gasteiger charge is 2.28. The number of carbonyl (C=O) groups excluding carboxylic acids is 1. The first-order valence-corrected chi connectivity index (χ1v) is 7.76. The number of benzene rings is 1. The van der Waals surface area contributed by atoms with Crippen molar-refractivity contribution in [3.63, 3.8) is 0 Å². The van der Waals surface area contributed by atoms with Crippen molar-refractivity contribution in [2.45, 2.75) is 26.3 Å². The van der Waals surface area contributed by atoms with Gasteiger partial charge in [0.15, 0.2) is 0 Å². The number of hydrogen-bond acceptors (Lipinski definition) is 3. The summed E-state index contributed by atoms with van der Waals surface area (Å²) in [5, 5.41) is 12.8. The van der Waals surface area contributed by atoms with Crippen LogP contribution in [-0.2, 0) is 11.3 Å². The monoisotopic (exact) mass is 331 g/mol. The molecule has 0 bridgehead atoms. The Hall–Kier alpha value is -2.70. The minimum absolute atomic E-state index is 0.0259. The summed E-state index contributed by atoms with van der Waals surface area (Å²) in [5.41, 5.74) is 1.06. The zero-order valence-corrected chi connectivity index (χ0v) is 13.3. The number of aryl methyl sites for hydroxylation is 1. The molecule has 3 rings (SSSR count). The van der Waals surface area contributed by atoms with Crippen LogP contribution < -0.4 is 4.90 Å². The summed E-state index contributed by atoms with van der Waals surface area (Å²) in [6, 6.07) is 4.74. The number of carboxylic acids is 1. The fourth-order valence-corrected chi connectivity index (χ4v) is 2.44. The summed E-state index contributed by atoms with van der Waals surface area (Å²) >= 11 is 0. The van der Waals surface area contributed by atoms with Crippen molar-refractivity contribution >= 4 is 17.6 Å². The lowest BCUT2D eigenvalue weighted by molar-refractivity contribution is -0.119. The molecule has 1 aliphatic carbocycles. The normalized spacial score (nSPS) is 13.8. The summed E-state index contributed by atoms with van der Waals surface area (Å²) < 4.78 is 15.1. The second kappa shape index (κ2) is 6.43. The van der Waals surface area contributed by atoms with Gasteiger partial charge in [-0.25, -0.2) is 9.18 Å². The minimum Gasteiger partial charge on any atom is -0.478 e. The molecule has 0 radical (unpaired) electrons. The van der Waals surface area contributed by atoms with Crippen LogP contribution in [0.3, 0.4) is 0 Å². The smallest absolute Gasteiger partial charge is 0.338 e. The fourth-order valence-electron chi connectivity index (χ4n) is 2.44. The molecule has 1 heterocycles. The lowest BCUT2D eigenvalue weighted by Gasteiger charge is -2.23. The molecule has 1 saturated carbocycles. The van der Waals surface area contributed by atoms with Gasteiger partial charge in [-0.1, -0.05) is 6.07 Å². The van der Waals surface area contributed by atoms with Gasteiger partial charge in [0, 0.05) is 18.4 Å². The van der Waals surface area contributed by atoms with Gasteiger partial charge in [-0.15, -0.1) is 0 Å². The summed E-state index contributed by atoms with van der Waals surface area (Å²) in [7, 11) is 0. The quantitative estimate of drug-likeness (QED) is 0.882. The van der Waals surface area contributed by atoms with Crippen LogP contribution in [0.15, 0.2) is 30.6 Å². The Labute approximate surface area is 138 Å². The van der Waals surface area contributed by atoms with Gasteiger partial charge in [0.1, 0.15) is 12.4 Å². The Balaban J connectivity index is 1.80. The van der Waals surface area contributed by atoms with Crippen LogP contribution in [0.25, 0.3) is 0 Å². The van der Waals surface area contributed by atoms with Crippen molar-refractivity contribution in [3.05, 3.63) is 47.5 Å². The molecule has 0 spiro atoms. The molecular weight excluding hydrogens is 313 g/mol. The Bertz CT molecular complexity index is 783. The number of aromatic nitrogens is 2. The third-order valence-electron chi connectivity index (χ3n) is 4.08. The molecule has 126 valence electrons. The molecule has 1 fully saturated rings. The fraction of sp³-hybridized carbons (Fsp3) is 0.353. The standard InChI is InChI=1S/C17H18FN3O3/c1-11-2-5-14(6-15(11)18)21(8-12-3-4-12)16(22)10-20-9-13(7-19-20)17(23)24/h2,5-7,9,12H,3-4,8,10H2,1H3,(H,23,24). The van der Waals surface area contributed by atoms with Crippen LogP contribution in [0, 0.1) is 18.7 Å². The first kappa shape index (κ1) is 16.2. The lowest BCUT2D eigenvalue weighted by atomic mass is 10.2. The molecule has 2 aromatic rings. The number of aromatic carboxylic acids is 1. The van der Waals surface area contributed by atoms with E-state index in [2.05, 4.69) is 5.10 Å². The van der Waals surface area contributed by atoms with E-state index >= 15 is 0 Å². The average Bonchev–Trinajstić information content (AvgIpc) is 3.24. The maximum atomic E-state index is 13.9. The number of nitrogens with zero attached hydrogens (tertiary/aromatic N) is 3. The molecule has 0 atom stereocenters. The molecule has 1 aliphatic rings. The highest BCUT2D eigenvalue weighted by molar-refractivity contribution is 5.93. The second-order valence-corrected chi connectivity index (χ2v) is 6.11. The highest BCUT2D eigenvalue weighted by Crippen LogP contribution is 2.32. The number of rotatable bonds is 6. The molecule has 1 aromatic carbocycles. The van der Waals surface area contributed by atoms with E-state index in [1.54, 1.807) is 24.0 Å². The van der Waals surface area contributed by atoms with Crippen LogP contribution in [0.4, 0.5) is 10.1 Å². The van der Waals surface area contributed by atoms with E-state index in [4.69, 9.17) is 5.11 Å². The van der Waals surface area contributed by atoms with Crippen LogP contribution >= 0.6 is 0 Å². The largest absolute Gasteiger partial charge is 0.478 e. The molecule has 1 aromatic heterocycles. The zero-order chi connectivity index (χ0) is 17.3. The Morgan fingerprint density at radius 2 is 2.17 bits per heavy atom. The molecular formula is C17H18FN3O3. The Morgan fingerprint density at radius 1 is 1.42 bits per heavy atom. The van der Waals surface area contributed by atoms with Crippen LogP contribution in [0.2, 0.25) is 0 Å². The maximum absolute atomic E-state index is 13.9. The molecule has 1 N–H and O–H groups in total. The van der Waals surface area contributed by atoms with E-state index < -0.39 is 5.97 Å². The first-order valence-electron chi connectivity index (χ1n) is 7.76. The minimum atomic E-state index is -1.09. The highest BCUT2D eigenvalue weighted by atomic mass is 19.1. The summed E-state index contributed by atoms with van der Waals surface area (Å²) in [4.78, 5) is 25.1. The van der Waals surface area contributed by atoms with E-state index in [1.807, 2.05) is 0 Å². The molecule has 0 saturated heterocycles. The summed E-state index contributed by atoms with van der Waals surface area (Å²) in [6.07, 6.45) is 4.63. The third kappa shape index (κ3) is 3.61. The molecule has 0 aliphatic heterocycles. The summed E-state index contributed by atoms with van der Waals surface area (Å²) in [6.45, 7) is 2.12. The molecule has 24 heavy (non-hydrogen) atoms. The van der Waals surface area contributed by atoms with Gasteiger partial charge in [-0.2, -0.15) is 5.10 Å². The van der Waals surface area contributed by atoms with E-state index in [-0.39, 0.29) is 23.8 Å². The number of carboxylic acid groups (broad SMARTS) is 1. The zero-order valence-electron chi connectivity index (χ0n) is 13.3. The molecule has 6 nitrogen and oxygen atoms in total. The maximum Gasteiger partial charge on any atom is 0.338 e. The van der Waals surface area contributed by atoms with Crippen molar-refractivity contribution in [1.82, 2.24) is 9.78 Å². The van der Waals surface area contributed by atoms with Crippen molar-refractivity contribution in [2.75, 3.05) is 11.4 Å². The number of halogens is 1. The number of carbonyl (C=O) groups is 2. The second-order valence-electron chi connectivity index (χ2n) is 6.11. The van der Waals surface area contributed by atoms with Crippen LogP contribution in [-0.4, -0.2) is 33.3 Å².